The molecule has 2 heterocycles. The van der Waals surface area contributed by atoms with E-state index >= 15 is 0 Å². The zero-order valence-corrected chi connectivity index (χ0v) is 55.1. The van der Waals surface area contributed by atoms with E-state index in [0.29, 0.717) is 11.3 Å². The first-order chi connectivity index (χ1) is 47.9. The van der Waals surface area contributed by atoms with E-state index in [0.717, 1.165) is 0 Å². The van der Waals surface area contributed by atoms with Crippen molar-refractivity contribution in [1.82, 2.24) is 57.4 Å². The van der Waals surface area contributed by atoms with Gasteiger partial charge in [-0.15, -0.1) is 0 Å². The molecule has 2 aromatic carbocycles. The van der Waals surface area contributed by atoms with Crippen LogP contribution < -0.4 is 48.3 Å². The lowest BCUT2D eigenvalue weighted by Gasteiger charge is -2.42. The van der Waals surface area contributed by atoms with Crippen LogP contribution in [0.1, 0.15) is 95.9 Å². The van der Waals surface area contributed by atoms with Gasteiger partial charge in [0.15, 0.2) is 5.96 Å². The number of rotatable bonds is 39. The van der Waals surface area contributed by atoms with Crippen molar-refractivity contribution in [2.45, 2.75) is 194 Å². The number of nitrogens with two attached hydrogens (primary N) is 1. The Morgan fingerprint density at radius 1 is 0.615 bits per heavy atom. The van der Waals surface area contributed by atoms with Gasteiger partial charge in [0.05, 0.1) is 12.7 Å². The quantitative estimate of drug-likeness (QED) is 0.0157. The minimum atomic E-state index is -8.94. The Morgan fingerprint density at radius 2 is 1.12 bits per heavy atom. The van der Waals surface area contributed by atoms with Crippen LogP contribution in [-0.2, 0) is 67.2 Å². The molecule has 8 amide bonds. The molecule has 0 saturated carbocycles. The molecule has 0 spiro atoms. The number of amides is 8. The number of nitrogens with zero attached hydrogens (tertiary/aromatic N) is 2. The van der Waals surface area contributed by atoms with Gasteiger partial charge in [-0.2, -0.15) is 74.6 Å². The molecule has 15 N–H and O–H groups in total. The van der Waals surface area contributed by atoms with Gasteiger partial charge in [0.1, 0.15) is 54.1 Å². The molecule has 0 bridgehead atoms. The van der Waals surface area contributed by atoms with Gasteiger partial charge in [-0.3, -0.25) is 48.6 Å². The average Bonchev–Trinajstić information content (AvgIpc) is 1.69. The van der Waals surface area contributed by atoms with Gasteiger partial charge in [-0.05, 0) is 60.8 Å². The largest absolute Gasteiger partial charge is 0.508 e. The highest BCUT2D eigenvalue weighted by atomic mass is 19.4. The van der Waals surface area contributed by atoms with Crippen LogP contribution in [0.2, 0.25) is 0 Å². The van der Waals surface area contributed by atoms with Crippen LogP contribution in [0.4, 0.5) is 74.6 Å². The van der Waals surface area contributed by atoms with Gasteiger partial charge in [0.2, 0.25) is 47.3 Å². The number of likely N-dealkylation sites (tertiary alicyclic amines) is 1. The third-order valence-corrected chi connectivity index (χ3v) is 16.5. The molecule has 1 aliphatic heterocycles. The topological polar surface area (TPSA) is 409 Å². The first-order valence-corrected chi connectivity index (χ1v) is 31.4. The molecule has 0 radical (unpaired) electrons. The minimum absolute atomic E-state index is 0.0177. The molecule has 26 nitrogen and oxygen atoms in total. The third kappa shape index (κ3) is 21.0. The predicted molar refractivity (Wildman–Crippen MR) is 326 cm³/mol. The Kier molecular flexibility index (Phi) is 29.3. The lowest BCUT2D eigenvalue weighted by atomic mass is 9.88. The second-order valence-electron chi connectivity index (χ2n) is 24.6. The van der Waals surface area contributed by atoms with Crippen molar-refractivity contribution in [1.29, 1.82) is 5.41 Å². The van der Waals surface area contributed by atoms with Crippen molar-refractivity contribution in [3.63, 3.8) is 0 Å². The Bertz CT molecular complexity index is 3510. The molecule has 104 heavy (non-hydrogen) atoms. The number of carboxylic acid groups (broad SMARTS) is 2. The monoisotopic (exact) mass is 1520 g/mol. The number of aromatic nitrogens is 2. The standard InChI is InChI=1S/C61H74F17N13O13/c1-5-30(4)44(50(101)87-38(25-33-27-81-28-83-33)51(102)91-22-10-14-40(91)48(99)88-39(52(103)104)24-31-11-7-6-8-12-31)90-47(98)36(23-32-15-17-34(92)18-16-32)86-49(100)43(29(2)3)89-45(96)35(13-9-21-82-53(79)80)85-46(97)37(26-42(94)95)84-41(93)19-20-54(62,63)55(64,65)56(66,67)57(68,69)58(70,71)59(72,73)60(74,75)61(76,77)78/h6-8,11-12,15-18,27-30,35-40,43-44,92H,5,9-10,13-14,19-26H2,1-4H3,(H,81,83)(H,84,93)(H,85,97)(H,86,100)(H,87,101)(H,88,99)(H,89,96)(H,90,98)(H,94,95)(H,103,104)(H4,79,80,82)/t30-,35-,36-,37-,38-,39-,40-,43-,44-/m0/s1. The molecular formula is C61H74F17N13O13. The van der Waals surface area contributed by atoms with Gasteiger partial charge in [-0.25, -0.2) is 9.78 Å². The molecule has 43 heteroatoms. The smallest absolute Gasteiger partial charge is 0.460 e. The first kappa shape index (κ1) is 86.6. The van der Waals surface area contributed by atoms with E-state index in [9.17, 15) is 138 Å². The van der Waals surface area contributed by atoms with Crippen molar-refractivity contribution < 1.29 is 138 Å². The number of phenols is 1. The van der Waals surface area contributed by atoms with Gasteiger partial charge in [0, 0.05) is 57.1 Å². The maximum Gasteiger partial charge on any atom is 0.460 e. The van der Waals surface area contributed by atoms with E-state index in [1.807, 2.05) is 5.32 Å². The number of halogens is 17. The van der Waals surface area contributed by atoms with Crippen molar-refractivity contribution in [3.8, 4) is 5.75 Å². The molecule has 9 atom stereocenters. The molecular weight excluding hydrogens is 1450 g/mol. The number of aliphatic carboxylic acids is 2. The molecule has 0 unspecified atom stereocenters. The van der Waals surface area contributed by atoms with Crippen molar-refractivity contribution in [2.75, 3.05) is 13.1 Å². The van der Waals surface area contributed by atoms with Gasteiger partial charge in [-0.1, -0.05) is 76.6 Å². The Morgan fingerprint density at radius 3 is 1.65 bits per heavy atom. The normalized spacial score (nSPS) is 16.4. The lowest BCUT2D eigenvalue weighted by molar-refractivity contribution is -0.461. The molecule has 3 aromatic rings. The Labute approximate surface area is 579 Å². The fourth-order valence-electron chi connectivity index (χ4n) is 10.3. The van der Waals surface area contributed by atoms with Crippen LogP contribution in [0.25, 0.3) is 0 Å². The summed E-state index contributed by atoms with van der Waals surface area (Å²) in [7, 11) is 0. The number of carbonyl (C=O) groups is 10. The number of phenolic OH excluding ortho intramolecular Hbond substituents is 1. The van der Waals surface area contributed by atoms with Gasteiger partial charge >= 0.3 is 59.6 Å². The number of alkyl halides is 17. The fraction of sp³-hybridized carbons (Fsp3) is 0.574. The molecule has 1 aliphatic rings. The van der Waals surface area contributed by atoms with Crippen LogP contribution >= 0.6 is 0 Å². The van der Waals surface area contributed by atoms with E-state index in [1.165, 1.54) is 67.8 Å². The number of H-pyrrole nitrogens is 1. The number of hydrogen-bond acceptors (Lipinski definition) is 13. The number of imidazole rings is 1. The van der Waals surface area contributed by atoms with E-state index < -0.39 is 205 Å². The first-order valence-electron chi connectivity index (χ1n) is 31.4. The maximum absolute atomic E-state index is 14.8. The van der Waals surface area contributed by atoms with Crippen molar-refractivity contribution in [3.05, 3.63) is 83.9 Å². The molecule has 1 fully saturated rings. The number of guanidine groups is 1. The van der Waals surface area contributed by atoms with Crippen LogP contribution in [-0.4, -0.2) is 204 Å². The fourth-order valence-corrected chi connectivity index (χ4v) is 10.3. The second kappa shape index (κ2) is 35.1. The van der Waals surface area contributed by atoms with Crippen molar-refractivity contribution >= 4 is 65.2 Å². The number of aromatic amines is 1. The number of carboxylic acids is 2. The van der Waals surface area contributed by atoms with Crippen LogP contribution in [0.15, 0.2) is 67.1 Å². The Hall–Kier alpha value is -9.77. The third-order valence-electron chi connectivity index (χ3n) is 16.5. The molecule has 1 aromatic heterocycles. The van der Waals surface area contributed by atoms with Crippen LogP contribution in [0, 0.1) is 17.2 Å². The summed E-state index contributed by atoms with van der Waals surface area (Å²) in [5, 5.41) is 55.1. The summed E-state index contributed by atoms with van der Waals surface area (Å²) in [6, 6.07) is -0.633. The zero-order valence-electron chi connectivity index (χ0n) is 55.1. The number of hydrogen-bond donors (Lipinski definition) is 14. The lowest BCUT2D eigenvalue weighted by Crippen LogP contribution is -2.74. The minimum Gasteiger partial charge on any atom is -0.508 e. The summed E-state index contributed by atoms with van der Waals surface area (Å²) < 4.78 is 236. The van der Waals surface area contributed by atoms with Crippen molar-refractivity contribution in [2.24, 2.45) is 17.6 Å². The number of benzene rings is 2. The highest BCUT2D eigenvalue weighted by Crippen LogP contribution is 2.64. The summed E-state index contributed by atoms with van der Waals surface area (Å²) in [5.41, 5.74) is 6.42. The Balaban J connectivity index is 1.62. The van der Waals surface area contributed by atoms with Gasteiger partial charge < -0.3 is 73.5 Å². The SMILES string of the molecule is CC[C@H](C)[C@H](NC(=O)[C@H](Cc1ccc(O)cc1)NC(=O)[C@@H](NC(=O)[C@H](CCCNC(=N)N)NC(=O)[C@H](CC(=O)O)NC(=O)CCC(F)(F)C(F)(F)C(F)(F)C(F)(F)C(F)(F)C(F)(F)C(F)(F)C(F)(F)F)C(C)C)C(=O)N[C@@H](Cc1cnc[nH]1)C(=O)N1CCC[C@H]1C(=O)N[C@@H](Cc1ccccc1)C(=O)O. The molecule has 1 saturated heterocycles. The molecule has 0 aliphatic carbocycles. The van der Waals surface area contributed by atoms with E-state index in [4.69, 9.17) is 11.1 Å². The van der Waals surface area contributed by atoms with Gasteiger partial charge in [0.25, 0.3) is 0 Å². The number of carbonyl (C=O) groups excluding carboxylic acids is 8. The number of aromatic hydroxyl groups is 1. The molecule has 580 valence electrons. The number of nitrogens with one attached hydrogen (secondary N) is 10. The highest BCUT2D eigenvalue weighted by molar-refractivity contribution is 5.99. The molecule has 4 rings (SSSR count). The summed E-state index contributed by atoms with van der Waals surface area (Å²) in [4.78, 5) is 145. The maximum atomic E-state index is 14.8. The van der Waals surface area contributed by atoms with Crippen LogP contribution in [0.3, 0.4) is 0 Å². The van der Waals surface area contributed by atoms with E-state index in [-0.39, 0.29) is 62.9 Å². The summed E-state index contributed by atoms with van der Waals surface area (Å²) in [6.45, 7) is 5.46. The summed E-state index contributed by atoms with van der Waals surface area (Å²) in [5.74, 6) is -75.7. The van der Waals surface area contributed by atoms with Crippen LogP contribution in [0.5, 0.6) is 5.75 Å². The zero-order chi connectivity index (χ0) is 79.1. The van der Waals surface area contributed by atoms with E-state index in [2.05, 4.69) is 41.9 Å². The second-order valence-corrected chi connectivity index (χ2v) is 24.6. The average molecular weight is 1520 g/mol. The summed E-state index contributed by atoms with van der Waals surface area (Å²) in [6.07, 6.45) is -14.2. The highest BCUT2D eigenvalue weighted by Gasteiger charge is 2.95. The van der Waals surface area contributed by atoms with E-state index in [1.54, 1.807) is 37.3 Å². The predicted octanol–water partition coefficient (Wildman–Crippen LogP) is 4.84. The summed E-state index contributed by atoms with van der Waals surface area (Å²) >= 11 is 0.